The molecule has 0 bridgehead atoms. The lowest BCUT2D eigenvalue weighted by molar-refractivity contribution is -0.128. The highest BCUT2D eigenvalue weighted by Gasteiger charge is 2.62. The molecule has 0 aliphatic carbocycles. The van der Waals surface area contributed by atoms with Crippen LogP contribution >= 0.6 is 11.8 Å². The van der Waals surface area contributed by atoms with Gasteiger partial charge in [0.2, 0.25) is 16.7 Å². The van der Waals surface area contributed by atoms with Crippen LogP contribution in [-0.4, -0.2) is 23.5 Å². The molecule has 0 N–H and O–H groups in total. The third-order valence-electron chi connectivity index (χ3n) is 5.51. The van der Waals surface area contributed by atoms with Crippen LogP contribution in [0.4, 0.5) is 11.4 Å². The topological polar surface area (TPSA) is 57.7 Å². The van der Waals surface area contributed by atoms with Crippen molar-refractivity contribution in [3.63, 3.8) is 0 Å². The molecule has 1 fully saturated rings. The molecular formula is C23H18N2O3S. The molecule has 0 aromatic heterocycles. The van der Waals surface area contributed by atoms with Crippen LogP contribution in [0.5, 0.6) is 0 Å². The number of benzene rings is 3. The summed E-state index contributed by atoms with van der Waals surface area (Å²) >= 11 is 1.28. The maximum Gasteiger partial charge on any atom is 0.275 e. The number of carbonyl (C=O) groups excluding carboxylic acids is 3. The molecule has 2 aliphatic heterocycles. The highest BCUT2D eigenvalue weighted by molar-refractivity contribution is 8.02. The normalized spacial score (nSPS) is 20.7. The fraction of sp³-hybridized carbons (Fsp3) is 0.174. The van der Waals surface area contributed by atoms with Crippen molar-refractivity contribution >= 4 is 51.6 Å². The molecule has 144 valence electrons. The first-order chi connectivity index (χ1) is 14.1. The van der Waals surface area contributed by atoms with Crippen LogP contribution in [0, 0.1) is 0 Å². The van der Waals surface area contributed by atoms with E-state index in [-0.39, 0.29) is 29.9 Å². The Kier molecular flexibility index (Phi) is 3.99. The van der Waals surface area contributed by atoms with Crippen molar-refractivity contribution in [2.45, 2.75) is 18.2 Å². The number of thioether (sulfide) groups is 1. The van der Waals surface area contributed by atoms with E-state index in [1.54, 1.807) is 17.9 Å². The standard InChI is InChI=1S/C23H18N2O3S/c1-2-20(26)24-19-10-6-5-9-18(19)23(22(24)28)25(21(27)14-29-23)17-12-11-15-7-3-4-8-16(15)13-17/h3-13H,2,14H2,1H3/t23-/m1/s1. The average Bonchev–Trinajstić information content (AvgIpc) is 3.23. The minimum Gasteiger partial charge on any atom is -0.283 e. The number of carbonyl (C=O) groups is 3. The van der Waals surface area contributed by atoms with Gasteiger partial charge in [0.25, 0.3) is 5.91 Å². The molecule has 0 unspecified atom stereocenters. The Labute approximate surface area is 172 Å². The van der Waals surface area contributed by atoms with Crippen LogP contribution in [0.15, 0.2) is 66.7 Å². The Morgan fingerprint density at radius 3 is 2.52 bits per heavy atom. The van der Waals surface area contributed by atoms with Gasteiger partial charge in [-0.1, -0.05) is 55.5 Å². The van der Waals surface area contributed by atoms with Gasteiger partial charge in [0.05, 0.1) is 11.4 Å². The Hall–Kier alpha value is -3.12. The third-order valence-corrected chi connectivity index (χ3v) is 6.90. The number of imide groups is 1. The fourth-order valence-corrected chi connectivity index (χ4v) is 5.55. The minimum atomic E-state index is -1.25. The van der Waals surface area contributed by atoms with Gasteiger partial charge in [-0.3, -0.25) is 19.3 Å². The van der Waals surface area contributed by atoms with Crippen LogP contribution in [-0.2, 0) is 19.3 Å². The second-order valence-electron chi connectivity index (χ2n) is 7.10. The summed E-state index contributed by atoms with van der Waals surface area (Å²) in [6.45, 7) is 1.73. The lowest BCUT2D eigenvalue weighted by Crippen LogP contribution is -2.50. The second kappa shape index (κ2) is 6.46. The number of para-hydroxylation sites is 1. The number of amides is 3. The van der Waals surface area contributed by atoms with Crippen LogP contribution in [0.1, 0.15) is 18.9 Å². The predicted molar refractivity (Wildman–Crippen MR) is 115 cm³/mol. The van der Waals surface area contributed by atoms with Crippen molar-refractivity contribution in [2.24, 2.45) is 0 Å². The predicted octanol–water partition coefficient (Wildman–Crippen LogP) is 4.06. The first-order valence-corrected chi connectivity index (χ1v) is 10.5. The van der Waals surface area contributed by atoms with Gasteiger partial charge in [0.15, 0.2) is 0 Å². The summed E-state index contributed by atoms with van der Waals surface area (Å²) in [4.78, 5) is 40.9. The van der Waals surface area contributed by atoms with E-state index in [1.165, 1.54) is 16.7 Å². The summed E-state index contributed by atoms with van der Waals surface area (Å²) in [6, 6.07) is 20.9. The van der Waals surface area contributed by atoms with E-state index in [0.717, 1.165) is 10.8 Å². The van der Waals surface area contributed by atoms with Gasteiger partial charge >= 0.3 is 0 Å². The van der Waals surface area contributed by atoms with E-state index < -0.39 is 4.87 Å². The molecule has 6 heteroatoms. The van der Waals surface area contributed by atoms with Crippen molar-refractivity contribution in [1.82, 2.24) is 0 Å². The maximum atomic E-state index is 13.7. The molecule has 2 heterocycles. The smallest absolute Gasteiger partial charge is 0.275 e. The molecular weight excluding hydrogens is 384 g/mol. The molecule has 3 aromatic carbocycles. The van der Waals surface area contributed by atoms with Crippen molar-refractivity contribution in [1.29, 1.82) is 0 Å². The molecule has 0 radical (unpaired) electrons. The Morgan fingerprint density at radius 2 is 1.72 bits per heavy atom. The van der Waals surface area contributed by atoms with Gasteiger partial charge in [0.1, 0.15) is 0 Å². The Morgan fingerprint density at radius 1 is 1.00 bits per heavy atom. The fourth-order valence-electron chi connectivity index (χ4n) is 4.21. The first-order valence-electron chi connectivity index (χ1n) is 9.50. The Bertz CT molecular complexity index is 1190. The highest BCUT2D eigenvalue weighted by atomic mass is 32.2. The number of hydrogen-bond acceptors (Lipinski definition) is 4. The van der Waals surface area contributed by atoms with Crippen molar-refractivity contribution in [3.05, 3.63) is 72.3 Å². The molecule has 0 saturated carbocycles. The van der Waals surface area contributed by atoms with E-state index in [4.69, 9.17) is 0 Å². The van der Waals surface area contributed by atoms with Crippen LogP contribution in [0.25, 0.3) is 10.8 Å². The summed E-state index contributed by atoms with van der Waals surface area (Å²) in [5.41, 5.74) is 1.92. The SMILES string of the molecule is CCC(=O)N1C(=O)[C@]2(SCC(=O)N2c2ccc3ccccc3c2)c2ccccc21. The molecule has 3 amide bonds. The summed E-state index contributed by atoms with van der Waals surface area (Å²) in [7, 11) is 0. The van der Waals surface area contributed by atoms with Gasteiger partial charge in [-0.25, -0.2) is 4.90 Å². The molecule has 29 heavy (non-hydrogen) atoms. The van der Waals surface area contributed by atoms with Crippen molar-refractivity contribution < 1.29 is 14.4 Å². The number of hydrogen-bond donors (Lipinski definition) is 0. The van der Waals surface area contributed by atoms with Gasteiger partial charge in [-0.15, -0.1) is 11.8 Å². The van der Waals surface area contributed by atoms with Crippen LogP contribution in [0.2, 0.25) is 0 Å². The summed E-state index contributed by atoms with van der Waals surface area (Å²) < 4.78 is 0. The van der Waals surface area contributed by atoms with E-state index in [9.17, 15) is 14.4 Å². The molecule has 1 atom stereocenters. The molecule has 2 aliphatic rings. The zero-order valence-electron chi connectivity index (χ0n) is 15.8. The lowest BCUT2D eigenvalue weighted by Gasteiger charge is -2.33. The molecule has 3 aromatic rings. The van der Waals surface area contributed by atoms with Crippen molar-refractivity contribution in [3.8, 4) is 0 Å². The average molecular weight is 402 g/mol. The lowest BCUT2D eigenvalue weighted by atomic mass is 10.0. The second-order valence-corrected chi connectivity index (χ2v) is 8.27. The Balaban J connectivity index is 1.73. The minimum absolute atomic E-state index is 0.140. The molecule has 5 rings (SSSR count). The number of rotatable bonds is 2. The van der Waals surface area contributed by atoms with E-state index in [0.29, 0.717) is 16.9 Å². The van der Waals surface area contributed by atoms with Gasteiger partial charge in [0, 0.05) is 17.7 Å². The summed E-state index contributed by atoms with van der Waals surface area (Å²) in [5, 5.41) is 2.05. The van der Waals surface area contributed by atoms with Crippen LogP contribution < -0.4 is 9.80 Å². The zero-order valence-corrected chi connectivity index (χ0v) is 16.6. The maximum absolute atomic E-state index is 13.7. The quantitative estimate of drug-likeness (QED) is 0.649. The molecule has 5 nitrogen and oxygen atoms in total. The first kappa shape index (κ1) is 17.9. The third kappa shape index (κ3) is 2.39. The number of anilines is 2. The number of nitrogens with zero attached hydrogens (tertiary/aromatic N) is 2. The monoisotopic (exact) mass is 402 g/mol. The van der Waals surface area contributed by atoms with E-state index in [2.05, 4.69) is 0 Å². The zero-order chi connectivity index (χ0) is 20.2. The van der Waals surface area contributed by atoms with Crippen LogP contribution in [0.3, 0.4) is 0 Å². The van der Waals surface area contributed by atoms with Gasteiger partial charge < -0.3 is 0 Å². The molecule has 1 spiro atoms. The number of fused-ring (bicyclic) bond motifs is 3. The molecule has 1 saturated heterocycles. The van der Waals surface area contributed by atoms with Gasteiger partial charge in [-0.2, -0.15) is 0 Å². The summed E-state index contributed by atoms with van der Waals surface area (Å²) in [5.74, 6) is -0.590. The highest BCUT2D eigenvalue weighted by Crippen LogP contribution is 2.55. The van der Waals surface area contributed by atoms with E-state index >= 15 is 0 Å². The largest absolute Gasteiger partial charge is 0.283 e. The van der Waals surface area contributed by atoms with E-state index in [1.807, 2.05) is 60.7 Å². The van der Waals surface area contributed by atoms with Gasteiger partial charge in [-0.05, 0) is 29.0 Å². The van der Waals surface area contributed by atoms with Crippen molar-refractivity contribution in [2.75, 3.05) is 15.6 Å². The summed E-state index contributed by atoms with van der Waals surface area (Å²) in [6.07, 6.45) is 0.213.